The molecule has 2 fully saturated rings. The molecule has 2 saturated carbocycles. The van der Waals surface area contributed by atoms with Gasteiger partial charge in [0.05, 0.1) is 0 Å². The van der Waals surface area contributed by atoms with E-state index in [2.05, 4.69) is 0 Å². The van der Waals surface area contributed by atoms with E-state index in [1.807, 2.05) is 20.8 Å². The molecule has 0 saturated heterocycles. The maximum Gasteiger partial charge on any atom is 0.167 e. The van der Waals surface area contributed by atoms with Crippen LogP contribution in [0.2, 0.25) is 0 Å². The summed E-state index contributed by atoms with van der Waals surface area (Å²) in [6, 6.07) is 0. The quantitative estimate of drug-likeness (QED) is 0.790. The van der Waals surface area contributed by atoms with Crippen molar-refractivity contribution < 1.29 is 18.0 Å². The third kappa shape index (κ3) is 1.81. The summed E-state index contributed by atoms with van der Waals surface area (Å²) in [5.74, 6) is -1.10. The van der Waals surface area contributed by atoms with Crippen molar-refractivity contribution in [3.05, 3.63) is 0 Å². The van der Waals surface area contributed by atoms with Crippen LogP contribution < -0.4 is 0 Å². The van der Waals surface area contributed by atoms with Crippen LogP contribution in [-0.2, 0) is 19.4 Å². The van der Waals surface area contributed by atoms with Gasteiger partial charge in [-0.15, -0.1) is 0 Å². The Bertz CT molecular complexity index is 532. The van der Waals surface area contributed by atoms with Gasteiger partial charge in [0.1, 0.15) is 16.8 Å². The molecule has 0 heterocycles. The van der Waals surface area contributed by atoms with Gasteiger partial charge in [0.25, 0.3) is 0 Å². The highest BCUT2D eigenvalue weighted by Gasteiger charge is 2.69. The standard InChI is InChI=1S/C14H22O4S/c1-5-9(15)8-19(17,18)11-10-6-7-14(4,12(11)16)13(10,2)3/h10-11H,5-8H2,1-4H3/t10-,11-,14+/m1/s1. The van der Waals surface area contributed by atoms with Crippen molar-refractivity contribution in [3.8, 4) is 0 Å². The highest BCUT2D eigenvalue weighted by Crippen LogP contribution is 2.64. The molecule has 2 aliphatic carbocycles. The molecule has 0 aliphatic heterocycles. The summed E-state index contributed by atoms with van der Waals surface area (Å²) < 4.78 is 24.8. The summed E-state index contributed by atoms with van der Waals surface area (Å²) in [6.07, 6.45) is 1.72. The van der Waals surface area contributed by atoms with Gasteiger partial charge in [0.2, 0.25) is 0 Å². The summed E-state index contributed by atoms with van der Waals surface area (Å²) in [5.41, 5.74) is -0.845. The van der Waals surface area contributed by atoms with Gasteiger partial charge in [-0.2, -0.15) is 0 Å². The summed E-state index contributed by atoms with van der Waals surface area (Å²) >= 11 is 0. The number of carbonyl (C=O) groups excluding carboxylic acids is 2. The molecule has 0 aromatic rings. The first-order chi connectivity index (χ1) is 8.58. The predicted molar refractivity (Wildman–Crippen MR) is 72.5 cm³/mol. The van der Waals surface area contributed by atoms with Gasteiger partial charge in [-0.05, 0) is 24.2 Å². The van der Waals surface area contributed by atoms with E-state index in [4.69, 9.17) is 0 Å². The Hall–Kier alpha value is -0.710. The number of Topliss-reactive ketones (excluding diaryl/α,β-unsaturated/α-hetero) is 2. The van der Waals surface area contributed by atoms with E-state index in [1.165, 1.54) is 0 Å². The number of ketones is 2. The molecule has 0 unspecified atom stereocenters. The van der Waals surface area contributed by atoms with Gasteiger partial charge in [-0.3, -0.25) is 9.59 Å². The van der Waals surface area contributed by atoms with Crippen LogP contribution in [0.5, 0.6) is 0 Å². The fourth-order valence-electron chi connectivity index (χ4n) is 3.83. The highest BCUT2D eigenvalue weighted by molar-refractivity contribution is 7.93. The topological polar surface area (TPSA) is 68.3 Å². The first-order valence-corrected chi connectivity index (χ1v) is 8.57. The number of hydrogen-bond acceptors (Lipinski definition) is 4. The minimum atomic E-state index is -3.66. The molecule has 4 nitrogen and oxygen atoms in total. The number of carbonyl (C=O) groups is 2. The SMILES string of the molecule is CCC(=O)CS(=O)(=O)[C@H]1C(=O)[C@]2(C)CC[C@H]1C2(C)C. The molecule has 0 spiro atoms. The Morgan fingerprint density at radius 1 is 1.32 bits per heavy atom. The van der Waals surface area contributed by atoms with E-state index in [-0.39, 0.29) is 29.3 Å². The number of hydrogen-bond donors (Lipinski definition) is 0. The van der Waals surface area contributed by atoms with Crippen molar-refractivity contribution in [2.75, 3.05) is 5.75 Å². The second-order valence-corrected chi connectivity index (χ2v) is 8.81. The van der Waals surface area contributed by atoms with Crippen LogP contribution in [0.3, 0.4) is 0 Å². The van der Waals surface area contributed by atoms with Crippen LogP contribution >= 0.6 is 0 Å². The molecule has 5 heteroatoms. The fraction of sp³-hybridized carbons (Fsp3) is 0.857. The molecule has 3 atom stereocenters. The fourth-order valence-corrected chi connectivity index (χ4v) is 6.23. The zero-order valence-electron chi connectivity index (χ0n) is 12.0. The van der Waals surface area contributed by atoms with Gasteiger partial charge >= 0.3 is 0 Å². The van der Waals surface area contributed by atoms with E-state index in [9.17, 15) is 18.0 Å². The van der Waals surface area contributed by atoms with E-state index in [0.717, 1.165) is 12.8 Å². The van der Waals surface area contributed by atoms with Crippen LogP contribution in [0.1, 0.15) is 47.0 Å². The third-order valence-corrected chi connectivity index (χ3v) is 7.66. The van der Waals surface area contributed by atoms with E-state index in [1.54, 1.807) is 6.92 Å². The van der Waals surface area contributed by atoms with Crippen molar-refractivity contribution in [1.29, 1.82) is 0 Å². The first-order valence-electron chi connectivity index (χ1n) is 6.85. The Morgan fingerprint density at radius 3 is 2.32 bits per heavy atom. The van der Waals surface area contributed by atoms with E-state index >= 15 is 0 Å². The van der Waals surface area contributed by atoms with Crippen molar-refractivity contribution in [3.63, 3.8) is 0 Å². The number of rotatable bonds is 4. The summed E-state index contributed by atoms with van der Waals surface area (Å²) in [4.78, 5) is 24.0. The summed E-state index contributed by atoms with van der Waals surface area (Å²) in [7, 11) is -3.66. The van der Waals surface area contributed by atoms with Crippen molar-refractivity contribution >= 4 is 21.4 Å². The van der Waals surface area contributed by atoms with E-state index in [0.29, 0.717) is 0 Å². The minimum Gasteiger partial charge on any atom is -0.299 e. The average Bonchev–Trinajstić information content (AvgIpc) is 2.60. The summed E-state index contributed by atoms with van der Waals surface area (Å²) in [6.45, 7) is 7.50. The van der Waals surface area contributed by atoms with Gasteiger partial charge in [-0.1, -0.05) is 27.7 Å². The molecule has 2 rings (SSSR count). The Balaban J connectivity index is 2.39. The van der Waals surface area contributed by atoms with Gasteiger partial charge in [0, 0.05) is 11.8 Å². The van der Waals surface area contributed by atoms with Crippen molar-refractivity contribution in [2.24, 2.45) is 16.7 Å². The van der Waals surface area contributed by atoms with Crippen LogP contribution in [-0.4, -0.2) is 31.0 Å². The smallest absolute Gasteiger partial charge is 0.167 e. The molecule has 0 aromatic heterocycles. The van der Waals surface area contributed by atoms with E-state index < -0.39 is 26.3 Å². The number of fused-ring (bicyclic) bond motifs is 2. The molecule has 2 aliphatic rings. The third-order valence-electron chi connectivity index (χ3n) is 5.62. The maximum atomic E-state index is 12.5. The molecular weight excluding hydrogens is 264 g/mol. The van der Waals surface area contributed by atoms with Gasteiger partial charge in [-0.25, -0.2) is 8.42 Å². The zero-order valence-corrected chi connectivity index (χ0v) is 12.8. The minimum absolute atomic E-state index is 0.139. The number of sulfone groups is 1. The summed E-state index contributed by atoms with van der Waals surface area (Å²) in [5, 5.41) is -0.961. The second-order valence-electron chi connectivity index (χ2n) is 6.68. The predicted octanol–water partition coefficient (Wildman–Crippen LogP) is 1.77. The molecule has 2 bridgehead atoms. The highest BCUT2D eigenvalue weighted by atomic mass is 32.2. The van der Waals surface area contributed by atoms with Crippen molar-refractivity contribution in [2.45, 2.75) is 52.2 Å². The lowest BCUT2D eigenvalue weighted by Crippen LogP contribution is -2.41. The molecular formula is C14H22O4S. The molecule has 19 heavy (non-hydrogen) atoms. The van der Waals surface area contributed by atoms with Crippen LogP contribution in [0.15, 0.2) is 0 Å². The van der Waals surface area contributed by atoms with Gasteiger partial charge < -0.3 is 0 Å². The average molecular weight is 286 g/mol. The van der Waals surface area contributed by atoms with Crippen molar-refractivity contribution in [1.82, 2.24) is 0 Å². The lowest BCUT2D eigenvalue weighted by atomic mass is 9.70. The Labute approximate surface area is 114 Å². The molecule has 0 radical (unpaired) electrons. The Kier molecular flexibility index (Phi) is 3.20. The molecule has 0 N–H and O–H groups in total. The normalized spacial score (nSPS) is 36.7. The van der Waals surface area contributed by atoms with Crippen LogP contribution in [0.25, 0.3) is 0 Å². The van der Waals surface area contributed by atoms with Gasteiger partial charge in [0.15, 0.2) is 15.6 Å². The monoisotopic (exact) mass is 286 g/mol. The van der Waals surface area contributed by atoms with Crippen LogP contribution in [0, 0.1) is 16.7 Å². The molecule has 0 amide bonds. The van der Waals surface area contributed by atoms with Crippen LogP contribution in [0.4, 0.5) is 0 Å². The lowest BCUT2D eigenvalue weighted by molar-refractivity contribution is -0.127. The largest absolute Gasteiger partial charge is 0.299 e. The maximum absolute atomic E-state index is 12.5. The zero-order chi connectivity index (χ0) is 14.6. The lowest BCUT2D eigenvalue weighted by Gasteiger charge is -2.32. The molecule has 0 aromatic carbocycles. The Morgan fingerprint density at radius 2 is 1.89 bits per heavy atom. The first kappa shape index (κ1) is 14.7. The molecule has 108 valence electrons. The second kappa shape index (κ2) is 4.14.